The largest absolute Gasteiger partial charge is 0.386 e. The number of esters is 2. The Morgan fingerprint density at radius 3 is 1.61 bits per heavy atom. The average Bonchev–Trinajstić information content (AvgIpc) is 3.16. The number of hydrogen-bond acceptors (Lipinski definition) is 5. The Bertz CT molecular complexity index is 1120. The smallest absolute Gasteiger partial charge is 0.346 e. The van der Waals surface area contributed by atoms with Crippen LogP contribution < -0.4 is 0 Å². The quantitative estimate of drug-likeness (QED) is 0.503. The van der Waals surface area contributed by atoms with Gasteiger partial charge in [-0.2, -0.15) is 0 Å². The van der Waals surface area contributed by atoms with Crippen molar-refractivity contribution in [3.63, 3.8) is 0 Å². The van der Waals surface area contributed by atoms with Crippen molar-refractivity contribution in [1.29, 1.82) is 0 Å². The molecule has 0 aromatic heterocycles. The second-order valence-electron chi connectivity index (χ2n) is 6.80. The molecule has 0 N–H and O–H groups in total. The van der Waals surface area contributed by atoms with Gasteiger partial charge in [0.2, 0.25) is 0 Å². The molecule has 5 nitrogen and oxygen atoms in total. The molecule has 0 saturated carbocycles. The van der Waals surface area contributed by atoms with Crippen LogP contribution in [0.5, 0.6) is 0 Å². The minimum atomic E-state index is -0.629. The molecular weight excluding hydrogens is 356 g/mol. The number of fused-ring (bicyclic) bond motifs is 2. The van der Waals surface area contributed by atoms with Gasteiger partial charge in [0.1, 0.15) is 0 Å². The highest BCUT2D eigenvalue weighted by molar-refractivity contribution is 6.24. The zero-order valence-electron chi connectivity index (χ0n) is 14.5. The highest BCUT2D eigenvalue weighted by atomic mass is 16.6. The minimum absolute atomic E-state index is 0.0546. The average molecular weight is 368 g/mol. The Morgan fingerprint density at radius 1 is 0.500 bits per heavy atom. The van der Waals surface area contributed by atoms with Crippen LogP contribution in [0, 0.1) is 0 Å². The molecule has 5 heteroatoms. The monoisotopic (exact) mass is 368 g/mol. The summed E-state index contributed by atoms with van der Waals surface area (Å²) in [4.78, 5) is 47.0. The number of ether oxygens (including phenoxy) is 1. The van der Waals surface area contributed by atoms with E-state index in [-0.39, 0.29) is 29.1 Å². The van der Waals surface area contributed by atoms with Gasteiger partial charge in [0, 0.05) is 11.1 Å². The summed E-state index contributed by atoms with van der Waals surface area (Å²) in [7, 11) is 0. The standard InChI is InChI=1S/C23H12O5/c24-20-11-21(25)18-9-14(5-7-16(18)20)12-1-3-13(4-2-12)15-6-8-17-19(10-15)23(27)28-22(17)26/h1-10H,11H2. The Kier molecular flexibility index (Phi) is 3.39. The Labute approximate surface area is 159 Å². The maximum Gasteiger partial charge on any atom is 0.346 e. The molecule has 0 spiro atoms. The van der Waals surface area contributed by atoms with E-state index in [0.29, 0.717) is 11.1 Å². The SMILES string of the molecule is O=C1CC(=O)c2cc(-c3ccc(-c4ccc5c(c4)C(=O)OC5=O)cc3)ccc21. The van der Waals surface area contributed by atoms with Crippen LogP contribution >= 0.6 is 0 Å². The molecule has 1 aliphatic carbocycles. The van der Waals surface area contributed by atoms with Gasteiger partial charge in [0.25, 0.3) is 0 Å². The molecule has 2 aliphatic rings. The number of Topliss-reactive ketones (excluding diaryl/α,β-unsaturated/α-hetero) is 2. The van der Waals surface area contributed by atoms with Gasteiger partial charge in [-0.25, -0.2) is 9.59 Å². The number of ketones is 2. The highest BCUT2D eigenvalue weighted by Crippen LogP contribution is 2.31. The van der Waals surface area contributed by atoms with Gasteiger partial charge in [0.15, 0.2) is 11.6 Å². The zero-order chi connectivity index (χ0) is 19.4. The van der Waals surface area contributed by atoms with Crippen molar-refractivity contribution in [2.45, 2.75) is 6.42 Å². The molecule has 3 aromatic carbocycles. The Morgan fingerprint density at radius 2 is 0.964 bits per heavy atom. The molecule has 3 aromatic rings. The lowest BCUT2D eigenvalue weighted by atomic mass is 9.96. The summed E-state index contributed by atoms with van der Waals surface area (Å²) in [5.41, 5.74) is 4.97. The van der Waals surface area contributed by atoms with E-state index in [1.54, 1.807) is 30.3 Å². The second kappa shape index (κ2) is 5.82. The van der Waals surface area contributed by atoms with Crippen molar-refractivity contribution in [1.82, 2.24) is 0 Å². The van der Waals surface area contributed by atoms with Gasteiger partial charge < -0.3 is 4.74 Å². The molecule has 1 heterocycles. The zero-order valence-corrected chi connectivity index (χ0v) is 14.5. The summed E-state index contributed by atoms with van der Waals surface area (Å²) in [6.07, 6.45) is -0.0546. The van der Waals surface area contributed by atoms with Crippen LogP contribution in [0.25, 0.3) is 22.3 Å². The van der Waals surface area contributed by atoms with Crippen LogP contribution in [0.2, 0.25) is 0 Å². The molecular formula is C23H12O5. The normalized spacial score (nSPS) is 14.9. The third-order valence-electron chi connectivity index (χ3n) is 5.14. The number of rotatable bonds is 2. The topological polar surface area (TPSA) is 77.5 Å². The molecule has 0 saturated heterocycles. The lowest BCUT2D eigenvalue weighted by molar-refractivity contribution is 0.0443. The first-order valence-corrected chi connectivity index (χ1v) is 8.73. The highest BCUT2D eigenvalue weighted by Gasteiger charge is 2.30. The number of carbonyl (C=O) groups is 4. The molecule has 0 amide bonds. The van der Waals surface area contributed by atoms with Gasteiger partial charge in [-0.05, 0) is 40.5 Å². The first-order valence-electron chi connectivity index (χ1n) is 8.73. The van der Waals surface area contributed by atoms with Crippen LogP contribution in [0.4, 0.5) is 0 Å². The van der Waals surface area contributed by atoms with E-state index in [0.717, 1.165) is 22.3 Å². The van der Waals surface area contributed by atoms with E-state index in [1.165, 1.54) is 0 Å². The summed E-state index contributed by atoms with van der Waals surface area (Å²) >= 11 is 0. The molecule has 134 valence electrons. The van der Waals surface area contributed by atoms with Crippen LogP contribution in [0.15, 0.2) is 60.7 Å². The summed E-state index contributed by atoms with van der Waals surface area (Å²) in [6.45, 7) is 0. The van der Waals surface area contributed by atoms with E-state index in [2.05, 4.69) is 4.74 Å². The predicted molar refractivity (Wildman–Crippen MR) is 100 cm³/mol. The molecule has 0 unspecified atom stereocenters. The summed E-state index contributed by atoms with van der Waals surface area (Å²) in [5.74, 6) is -1.52. The maximum absolute atomic E-state index is 12.0. The lowest BCUT2D eigenvalue weighted by Crippen LogP contribution is -1.96. The first kappa shape index (κ1) is 16.3. The fraction of sp³-hybridized carbons (Fsp3) is 0.0435. The number of hydrogen-bond donors (Lipinski definition) is 0. The van der Waals surface area contributed by atoms with Crippen LogP contribution in [-0.2, 0) is 4.74 Å². The van der Waals surface area contributed by atoms with Crippen molar-refractivity contribution in [2.24, 2.45) is 0 Å². The molecule has 0 radical (unpaired) electrons. The summed E-state index contributed by atoms with van der Waals surface area (Å²) < 4.78 is 4.62. The minimum Gasteiger partial charge on any atom is -0.386 e. The van der Waals surface area contributed by atoms with E-state index in [4.69, 9.17) is 0 Å². The lowest BCUT2D eigenvalue weighted by Gasteiger charge is -2.07. The molecule has 0 atom stereocenters. The van der Waals surface area contributed by atoms with Gasteiger partial charge in [-0.15, -0.1) is 0 Å². The van der Waals surface area contributed by atoms with E-state index < -0.39 is 11.9 Å². The van der Waals surface area contributed by atoms with Crippen molar-refractivity contribution < 1.29 is 23.9 Å². The third-order valence-corrected chi connectivity index (χ3v) is 5.14. The summed E-state index contributed by atoms with van der Waals surface area (Å²) in [6, 6.07) is 17.9. The van der Waals surface area contributed by atoms with Crippen molar-refractivity contribution in [3.05, 3.63) is 82.9 Å². The van der Waals surface area contributed by atoms with Crippen LogP contribution in [0.1, 0.15) is 47.9 Å². The number of carbonyl (C=O) groups excluding carboxylic acids is 4. The molecule has 28 heavy (non-hydrogen) atoms. The molecule has 5 rings (SSSR count). The maximum atomic E-state index is 12.0. The van der Waals surface area contributed by atoms with Gasteiger partial charge in [-0.3, -0.25) is 9.59 Å². The van der Waals surface area contributed by atoms with Gasteiger partial charge in [0.05, 0.1) is 17.5 Å². The van der Waals surface area contributed by atoms with E-state index >= 15 is 0 Å². The predicted octanol–water partition coefficient (Wildman–Crippen LogP) is 4.10. The van der Waals surface area contributed by atoms with Crippen molar-refractivity contribution in [2.75, 3.05) is 0 Å². The molecule has 1 aliphatic heterocycles. The second-order valence-corrected chi connectivity index (χ2v) is 6.80. The first-order chi connectivity index (χ1) is 13.5. The third kappa shape index (κ3) is 2.41. The summed E-state index contributed by atoms with van der Waals surface area (Å²) in [5, 5.41) is 0. The van der Waals surface area contributed by atoms with Crippen LogP contribution in [-0.4, -0.2) is 23.5 Å². The number of benzene rings is 3. The van der Waals surface area contributed by atoms with Gasteiger partial charge in [-0.1, -0.05) is 42.5 Å². The molecule has 0 bridgehead atoms. The fourth-order valence-electron chi connectivity index (χ4n) is 3.65. The van der Waals surface area contributed by atoms with Crippen molar-refractivity contribution in [3.8, 4) is 22.3 Å². The van der Waals surface area contributed by atoms with E-state index in [9.17, 15) is 19.2 Å². The Balaban J connectivity index is 1.49. The fourth-order valence-corrected chi connectivity index (χ4v) is 3.65. The van der Waals surface area contributed by atoms with E-state index in [1.807, 2.05) is 30.3 Å². The van der Waals surface area contributed by atoms with Gasteiger partial charge >= 0.3 is 11.9 Å². The van der Waals surface area contributed by atoms with Crippen molar-refractivity contribution >= 4 is 23.5 Å². The van der Waals surface area contributed by atoms with Crippen LogP contribution in [0.3, 0.4) is 0 Å². The number of cyclic esters (lactones) is 2. The molecule has 0 fully saturated rings. The Hall–Kier alpha value is -3.86.